The number of benzene rings is 2. The SMILES string of the molecule is CC(=O)N(Cc1cccc(NS(=O)(=O)c2ccc(S(N)(=O)=O)cc2)c1)c1nccs1. The molecule has 0 saturated heterocycles. The normalized spacial score (nSPS) is 11.8. The quantitative estimate of drug-likeness (QED) is 0.547. The van der Waals surface area contributed by atoms with Gasteiger partial charge in [0.25, 0.3) is 10.0 Å². The zero-order chi connectivity index (χ0) is 21.9. The van der Waals surface area contributed by atoms with Crippen molar-refractivity contribution in [2.75, 3.05) is 9.62 Å². The number of nitrogens with zero attached hydrogens (tertiary/aromatic N) is 2. The predicted molar refractivity (Wildman–Crippen MR) is 114 cm³/mol. The zero-order valence-electron chi connectivity index (χ0n) is 15.7. The van der Waals surface area contributed by atoms with Gasteiger partial charge in [0, 0.05) is 24.2 Å². The summed E-state index contributed by atoms with van der Waals surface area (Å²) in [6.07, 6.45) is 1.60. The highest BCUT2D eigenvalue weighted by Gasteiger charge is 2.18. The lowest BCUT2D eigenvalue weighted by Gasteiger charge is -2.18. The number of nitrogens with one attached hydrogen (secondary N) is 1. The first-order valence-electron chi connectivity index (χ1n) is 8.48. The lowest BCUT2D eigenvalue weighted by molar-refractivity contribution is -0.116. The van der Waals surface area contributed by atoms with E-state index in [0.29, 0.717) is 16.4 Å². The van der Waals surface area contributed by atoms with Gasteiger partial charge in [-0.05, 0) is 42.0 Å². The number of amides is 1. The number of rotatable bonds is 7. The van der Waals surface area contributed by atoms with Crippen molar-refractivity contribution in [1.29, 1.82) is 0 Å². The Morgan fingerprint density at radius 1 is 1.10 bits per heavy atom. The van der Waals surface area contributed by atoms with Crippen LogP contribution in [0.4, 0.5) is 10.8 Å². The molecule has 0 aliphatic heterocycles. The summed E-state index contributed by atoms with van der Waals surface area (Å²) in [5.41, 5.74) is 0.996. The first-order valence-corrected chi connectivity index (χ1v) is 12.4. The van der Waals surface area contributed by atoms with E-state index in [0.717, 1.165) is 24.3 Å². The van der Waals surface area contributed by atoms with E-state index in [4.69, 9.17) is 5.14 Å². The Hall–Kier alpha value is -2.80. The van der Waals surface area contributed by atoms with Crippen molar-refractivity contribution in [3.8, 4) is 0 Å². The molecule has 0 saturated carbocycles. The number of carbonyl (C=O) groups is 1. The highest BCUT2D eigenvalue weighted by atomic mass is 32.2. The van der Waals surface area contributed by atoms with Crippen molar-refractivity contribution < 1.29 is 21.6 Å². The number of nitrogens with two attached hydrogens (primary N) is 1. The number of thiazole rings is 1. The molecule has 3 aromatic rings. The number of carbonyl (C=O) groups excluding carboxylic acids is 1. The molecule has 0 fully saturated rings. The standard InChI is InChI=1S/C18H18N4O5S3/c1-13(23)22(18-20-9-10-28-18)12-14-3-2-4-15(11-14)21-30(26,27)17-7-5-16(6-8-17)29(19,24)25/h2-11,21H,12H2,1H3,(H2,19,24,25). The fourth-order valence-corrected chi connectivity index (χ4v) is 4.85. The van der Waals surface area contributed by atoms with Crippen LogP contribution in [0.15, 0.2) is 69.9 Å². The summed E-state index contributed by atoms with van der Waals surface area (Å²) in [6, 6.07) is 11.2. The number of sulfonamides is 2. The summed E-state index contributed by atoms with van der Waals surface area (Å²) in [7, 11) is -7.88. The van der Waals surface area contributed by atoms with Crippen LogP contribution in [0.1, 0.15) is 12.5 Å². The van der Waals surface area contributed by atoms with Crippen molar-refractivity contribution in [2.45, 2.75) is 23.3 Å². The third-order valence-corrected chi connectivity index (χ3v) is 7.13. The molecule has 9 nitrogen and oxygen atoms in total. The molecule has 3 N–H and O–H groups in total. The molecule has 0 radical (unpaired) electrons. The molecule has 30 heavy (non-hydrogen) atoms. The number of aromatic nitrogens is 1. The third-order valence-electron chi connectivity index (χ3n) is 4.01. The van der Waals surface area contributed by atoms with Gasteiger partial charge >= 0.3 is 0 Å². The van der Waals surface area contributed by atoms with Crippen LogP contribution < -0.4 is 14.8 Å². The molecule has 1 amide bonds. The summed E-state index contributed by atoms with van der Waals surface area (Å²) >= 11 is 1.32. The summed E-state index contributed by atoms with van der Waals surface area (Å²) < 4.78 is 50.3. The van der Waals surface area contributed by atoms with E-state index in [-0.39, 0.29) is 22.2 Å². The van der Waals surface area contributed by atoms with Crippen molar-refractivity contribution in [1.82, 2.24) is 4.98 Å². The summed E-state index contributed by atoms with van der Waals surface area (Å²) in [5, 5.41) is 7.33. The largest absolute Gasteiger partial charge is 0.284 e. The second-order valence-corrected chi connectivity index (χ2v) is 10.4. The van der Waals surface area contributed by atoms with Crippen LogP contribution in [0.3, 0.4) is 0 Å². The van der Waals surface area contributed by atoms with Gasteiger partial charge in [0.2, 0.25) is 15.9 Å². The molecular formula is C18H18N4O5S3. The van der Waals surface area contributed by atoms with E-state index < -0.39 is 20.0 Å². The Labute approximate surface area is 178 Å². The average molecular weight is 467 g/mol. The molecule has 1 aromatic heterocycles. The number of primary sulfonamides is 1. The number of anilines is 2. The molecule has 0 aliphatic carbocycles. The van der Waals surface area contributed by atoms with Crippen molar-refractivity contribution >= 4 is 48.1 Å². The Morgan fingerprint density at radius 3 is 2.33 bits per heavy atom. The van der Waals surface area contributed by atoms with Gasteiger partial charge in [-0.2, -0.15) is 0 Å². The van der Waals surface area contributed by atoms with Crippen LogP contribution in [0.25, 0.3) is 0 Å². The van der Waals surface area contributed by atoms with Crippen LogP contribution >= 0.6 is 11.3 Å². The van der Waals surface area contributed by atoms with Gasteiger partial charge < -0.3 is 0 Å². The molecule has 0 unspecified atom stereocenters. The Balaban J connectivity index is 1.81. The second-order valence-electron chi connectivity index (χ2n) is 6.24. The molecule has 2 aromatic carbocycles. The first kappa shape index (κ1) is 21.9. The van der Waals surface area contributed by atoms with Crippen LogP contribution in [-0.4, -0.2) is 27.7 Å². The van der Waals surface area contributed by atoms with E-state index in [2.05, 4.69) is 9.71 Å². The van der Waals surface area contributed by atoms with E-state index in [1.807, 2.05) is 0 Å². The van der Waals surface area contributed by atoms with E-state index in [1.165, 1.54) is 23.2 Å². The van der Waals surface area contributed by atoms with Crippen LogP contribution in [0.2, 0.25) is 0 Å². The Bertz CT molecular complexity index is 1260. The molecule has 1 heterocycles. The Kier molecular flexibility index (Phi) is 6.22. The highest BCUT2D eigenvalue weighted by molar-refractivity contribution is 7.92. The smallest absolute Gasteiger partial charge is 0.261 e. The zero-order valence-corrected chi connectivity index (χ0v) is 18.2. The molecule has 0 aliphatic rings. The fraction of sp³-hybridized carbons (Fsp3) is 0.111. The lowest BCUT2D eigenvalue weighted by Crippen LogP contribution is -2.27. The number of hydrogen-bond acceptors (Lipinski definition) is 7. The van der Waals surface area contributed by atoms with Crippen molar-refractivity contribution in [2.24, 2.45) is 5.14 Å². The van der Waals surface area contributed by atoms with Gasteiger partial charge in [-0.1, -0.05) is 12.1 Å². The van der Waals surface area contributed by atoms with E-state index in [1.54, 1.807) is 35.8 Å². The van der Waals surface area contributed by atoms with Crippen LogP contribution in [-0.2, 0) is 31.4 Å². The van der Waals surface area contributed by atoms with Crippen LogP contribution in [0.5, 0.6) is 0 Å². The molecular weight excluding hydrogens is 448 g/mol. The average Bonchev–Trinajstić information content (AvgIpc) is 3.19. The molecule has 0 bridgehead atoms. The maximum absolute atomic E-state index is 12.6. The van der Waals surface area contributed by atoms with Crippen LogP contribution in [0, 0.1) is 0 Å². The minimum Gasteiger partial charge on any atom is -0.284 e. The monoisotopic (exact) mass is 466 g/mol. The molecule has 158 valence electrons. The highest BCUT2D eigenvalue weighted by Crippen LogP contribution is 2.23. The third kappa shape index (κ3) is 5.21. The van der Waals surface area contributed by atoms with Gasteiger partial charge in [-0.15, -0.1) is 11.3 Å². The lowest BCUT2D eigenvalue weighted by atomic mass is 10.2. The number of hydrogen-bond donors (Lipinski definition) is 2. The van der Waals surface area contributed by atoms with E-state index >= 15 is 0 Å². The van der Waals surface area contributed by atoms with Gasteiger partial charge in [0.15, 0.2) is 5.13 Å². The summed E-state index contributed by atoms with van der Waals surface area (Å²) in [4.78, 5) is 17.3. The fourth-order valence-electron chi connectivity index (χ4n) is 2.60. The summed E-state index contributed by atoms with van der Waals surface area (Å²) in [5.74, 6) is -0.189. The minimum atomic E-state index is -3.96. The molecule has 3 rings (SSSR count). The Morgan fingerprint density at radius 2 is 1.77 bits per heavy atom. The van der Waals surface area contributed by atoms with Crippen molar-refractivity contribution in [3.05, 3.63) is 65.7 Å². The van der Waals surface area contributed by atoms with Gasteiger partial charge in [-0.25, -0.2) is 27.0 Å². The van der Waals surface area contributed by atoms with Gasteiger partial charge in [0.05, 0.1) is 16.3 Å². The summed E-state index contributed by atoms with van der Waals surface area (Å²) in [6.45, 7) is 1.65. The van der Waals surface area contributed by atoms with E-state index in [9.17, 15) is 21.6 Å². The molecule has 0 spiro atoms. The van der Waals surface area contributed by atoms with Gasteiger partial charge in [0.1, 0.15) is 0 Å². The molecule has 12 heteroatoms. The second kappa shape index (κ2) is 8.52. The minimum absolute atomic E-state index is 0.117. The molecule has 0 atom stereocenters. The maximum Gasteiger partial charge on any atom is 0.261 e. The maximum atomic E-state index is 12.6. The van der Waals surface area contributed by atoms with Gasteiger partial charge in [-0.3, -0.25) is 14.4 Å². The van der Waals surface area contributed by atoms with Crippen molar-refractivity contribution in [3.63, 3.8) is 0 Å². The first-order chi connectivity index (χ1) is 14.1. The topological polar surface area (TPSA) is 140 Å². The predicted octanol–water partition coefficient (Wildman–Crippen LogP) is 2.14.